The summed E-state index contributed by atoms with van der Waals surface area (Å²) in [6.07, 6.45) is 0.956. The molecule has 0 spiro atoms. The Morgan fingerprint density at radius 2 is 1.69 bits per heavy atom. The Labute approximate surface area is 155 Å². The van der Waals surface area contributed by atoms with Gasteiger partial charge in [-0.2, -0.15) is 0 Å². The Morgan fingerprint density at radius 1 is 1.15 bits per heavy atom. The van der Waals surface area contributed by atoms with Gasteiger partial charge in [0.25, 0.3) is 5.91 Å². The maximum Gasteiger partial charge on any atom is 0.326 e. The van der Waals surface area contributed by atoms with Crippen molar-refractivity contribution in [2.45, 2.75) is 66.5 Å². The third-order valence-corrected chi connectivity index (χ3v) is 4.04. The smallest absolute Gasteiger partial charge is 0.326 e. The van der Waals surface area contributed by atoms with Gasteiger partial charge >= 0.3 is 11.9 Å². The highest BCUT2D eigenvalue weighted by atomic mass is 16.6. The van der Waals surface area contributed by atoms with E-state index in [1.807, 2.05) is 20.8 Å². The van der Waals surface area contributed by atoms with Crippen LogP contribution in [0.4, 0.5) is 0 Å². The number of hydrogen-bond donors (Lipinski definition) is 3. The number of carboxylic acid groups (broad SMARTS) is 1. The first-order valence-electron chi connectivity index (χ1n) is 9.10. The molecule has 150 valence electrons. The minimum atomic E-state index is -1.12. The minimum absolute atomic E-state index is 0.0392. The van der Waals surface area contributed by atoms with E-state index in [2.05, 4.69) is 24.5 Å². The molecule has 0 aromatic heterocycles. The van der Waals surface area contributed by atoms with Crippen molar-refractivity contribution in [3.8, 4) is 0 Å². The molecule has 3 N–H and O–H groups in total. The number of carboxylic acids is 1. The number of aliphatic carboxylic acids is 1. The first-order valence-corrected chi connectivity index (χ1v) is 9.10. The van der Waals surface area contributed by atoms with Gasteiger partial charge in [-0.25, -0.2) is 4.79 Å². The van der Waals surface area contributed by atoms with Gasteiger partial charge in [0.15, 0.2) is 6.10 Å². The molecule has 4 unspecified atom stereocenters. The molecule has 8 nitrogen and oxygen atoms in total. The average Bonchev–Trinajstić information content (AvgIpc) is 2.54. The first kappa shape index (κ1) is 23.9. The van der Waals surface area contributed by atoms with Crippen molar-refractivity contribution in [2.75, 3.05) is 6.54 Å². The van der Waals surface area contributed by atoms with E-state index in [0.29, 0.717) is 6.42 Å². The Morgan fingerprint density at radius 3 is 2.08 bits per heavy atom. The highest BCUT2D eigenvalue weighted by Crippen LogP contribution is 2.29. The topological polar surface area (TPSA) is 122 Å². The maximum atomic E-state index is 11.9. The van der Waals surface area contributed by atoms with E-state index in [1.165, 1.54) is 6.42 Å². The molecule has 0 bridgehead atoms. The summed E-state index contributed by atoms with van der Waals surface area (Å²) in [5.74, 6) is -3.47. The highest BCUT2D eigenvalue weighted by molar-refractivity contribution is 5.96. The fourth-order valence-corrected chi connectivity index (χ4v) is 2.34. The third kappa shape index (κ3) is 7.01. The van der Waals surface area contributed by atoms with E-state index in [4.69, 9.17) is 9.84 Å². The monoisotopic (exact) mass is 372 g/mol. The largest absolute Gasteiger partial charge is 0.480 e. The number of carbonyl (C=O) groups is 4. The normalized spacial score (nSPS) is 20.7. The lowest BCUT2D eigenvalue weighted by Crippen LogP contribution is -2.57. The van der Waals surface area contributed by atoms with Crippen LogP contribution in [0.1, 0.15) is 54.4 Å². The van der Waals surface area contributed by atoms with E-state index in [9.17, 15) is 19.2 Å². The van der Waals surface area contributed by atoms with Gasteiger partial charge < -0.3 is 20.5 Å². The molecule has 1 rings (SSSR count). The number of nitrogens with one attached hydrogen (secondary N) is 2. The van der Waals surface area contributed by atoms with Gasteiger partial charge in [-0.1, -0.05) is 54.4 Å². The van der Waals surface area contributed by atoms with Crippen molar-refractivity contribution in [1.29, 1.82) is 0 Å². The minimum Gasteiger partial charge on any atom is -0.480 e. The molecule has 0 aliphatic carbocycles. The molecule has 1 saturated heterocycles. The number of carbonyl (C=O) groups excluding carboxylic acids is 3. The summed E-state index contributed by atoms with van der Waals surface area (Å²) >= 11 is 0. The Bertz CT molecular complexity index is 506. The van der Waals surface area contributed by atoms with Crippen LogP contribution in [0.25, 0.3) is 0 Å². The zero-order valence-electron chi connectivity index (χ0n) is 16.5. The summed E-state index contributed by atoms with van der Waals surface area (Å²) in [5.41, 5.74) is 0. The van der Waals surface area contributed by atoms with Crippen LogP contribution in [0.5, 0.6) is 0 Å². The van der Waals surface area contributed by atoms with Crippen LogP contribution in [-0.2, 0) is 23.9 Å². The average molecular weight is 372 g/mol. The van der Waals surface area contributed by atoms with E-state index in [1.54, 1.807) is 6.92 Å². The predicted octanol–water partition coefficient (Wildman–Crippen LogP) is 1.33. The predicted molar refractivity (Wildman–Crippen MR) is 96.2 cm³/mol. The number of hydrogen-bond acceptors (Lipinski definition) is 5. The van der Waals surface area contributed by atoms with E-state index < -0.39 is 41.8 Å². The molecule has 0 aromatic rings. The Kier molecular flexibility index (Phi) is 10.6. The second kappa shape index (κ2) is 11.5. The zero-order valence-corrected chi connectivity index (χ0v) is 16.5. The fraction of sp³-hybridized carbons (Fsp3) is 0.778. The lowest BCUT2D eigenvalue weighted by atomic mass is 9.85. The fourth-order valence-electron chi connectivity index (χ4n) is 2.34. The Balaban J connectivity index is 0.00000194. The zero-order chi connectivity index (χ0) is 20.4. The molecule has 2 amide bonds. The van der Waals surface area contributed by atoms with Crippen molar-refractivity contribution < 1.29 is 29.0 Å². The molecule has 1 aliphatic heterocycles. The van der Waals surface area contributed by atoms with Gasteiger partial charge in [-0.15, -0.1) is 0 Å². The number of esters is 1. The van der Waals surface area contributed by atoms with Crippen molar-refractivity contribution >= 4 is 23.8 Å². The van der Waals surface area contributed by atoms with Gasteiger partial charge in [0.2, 0.25) is 5.91 Å². The number of amides is 2. The second-order valence-corrected chi connectivity index (χ2v) is 6.82. The van der Waals surface area contributed by atoms with E-state index in [-0.39, 0.29) is 18.4 Å². The van der Waals surface area contributed by atoms with Crippen molar-refractivity contribution in [1.82, 2.24) is 10.6 Å². The molecule has 1 fully saturated rings. The molecule has 0 radical (unpaired) electrons. The summed E-state index contributed by atoms with van der Waals surface area (Å²) < 4.78 is 4.81. The maximum absolute atomic E-state index is 11.9. The first-order chi connectivity index (χ1) is 12.1. The number of cyclic esters (lactones) is 1. The second-order valence-electron chi connectivity index (χ2n) is 6.82. The van der Waals surface area contributed by atoms with Crippen molar-refractivity contribution in [3.05, 3.63) is 0 Å². The quantitative estimate of drug-likeness (QED) is 0.553. The molecule has 0 aromatic carbocycles. The van der Waals surface area contributed by atoms with Gasteiger partial charge in [0, 0.05) is 0 Å². The molecular weight excluding hydrogens is 340 g/mol. The molecule has 4 atom stereocenters. The van der Waals surface area contributed by atoms with Gasteiger partial charge in [0.05, 0.1) is 6.54 Å². The molecule has 1 heterocycles. The van der Waals surface area contributed by atoms with Gasteiger partial charge in [0.1, 0.15) is 12.0 Å². The van der Waals surface area contributed by atoms with Crippen molar-refractivity contribution in [2.24, 2.45) is 17.8 Å². The molecular formula is C18H32N2O6. The van der Waals surface area contributed by atoms with Gasteiger partial charge in [-0.3, -0.25) is 14.4 Å². The van der Waals surface area contributed by atoms with Crippen LogP contribution in [0.2, 0.25) is 0 Å². The molecule has 1 aliphatic rings. The lowest BCUT2D eigenvalue weighted by molar-refractivity contribution is -0.192. The van der Waals surface area contributed by atoms with Crippen LogP contribution >= 0.6 is 0 Å². The summed E-state index contributed by atoms with van der Waals surface area (Å²) in [6, 6.07) is -1.01. The highest BCUT2D eigenvalue weighted by Gasteiger charge is 2.48. The number of rotatable bonds is 8. The third-order valence-electron chi connectivity index (χ3n) is 4.04. The summed E-state index contributed by atoms with van der Waals surface area (Å²) in [6.45, 7) is 11.0. The van der Waals surface area contributed by atoms with Crippen LogP contribution < -0.4 is 10.6 Å². The van der Waals surface area contributed by atoms with Crippen molar-refractivity contribution in [3.63, 3.8) is 0 Å². The van der Waals surface area contributed by atoms with Crippen LogP contribution in [-0.4, -0.2) is 47.6 Å². The Hall–Kier alpha value is -2.12. The van der Waals surface area contributed by atoms with E-state index in [0.717, 1.165) is 0 Å². The summed E-state index contributed by atoms with van der Waals surface area (Å²) in [5, 5.41) is 13.9. The molecule has 8 heteroatoms. The van der Waals surface area contributed by atoms with Crippen LogP contribution in [0, 0.1) is 17.8 Å². The van der Waals surface area contributed by atoms with E-state index >= 15 is 0 Å². The van der Waals surface area contributed by atoms with Gasteiger partial charge in [-0.05, 0) is 11.8 Å². The number of ether oxygens (including phenoxy) is 1. The summed E-state index contributed by atoms with van der Waals surface area (Å²) in [4.78, 5) is 46.1. The lowest BCUT2D eigenvalue weighted by Gasteiger charge is -2.36. The van der Waals surface area contributed by atoms with Crippen LogP contribution in [0.3, 0.4) is 0 Å². The standard InChI is InChI=1S/C15H24N2O6.C3H8/c1-5-8(4)11(14(20)21)17-9(18)6-16-13(19)12-10(7(2)3)15(22)23-12;1-3-2/h7-8,10-12H,5-6H2,1-4H3,(H,16,19)(H,17,18)(H,20,21);3H2,1-2H3. The van der Waals surface area contributed by atoms with Crippen LogP contribution in [0.15, 0.2) is 0 Å². The molecule has 26 heavy (non-hydrogen) atoms. The summed E-state index contributed by atoms with van der Waals surface area (Å²) in [7, 11) is 0. The molecule has 0 saturated carbocycles. The SMILES string of the molecule is CCC.CCC(C)C(NC(=O)CNC(=O)C1OC(=O)C1C(C)C)C(=O)O.